The van der Waals surface area contributed by atoms with Crippen LogP contribution in [0, 0.1) is 17.8 Å². The van der Waals surface area contributed by atoms with Gasteiger partial charge in [0.2, 0.25) is 23.6 Å². The van der Waals surface area contributed by atoms with Gasteiger partial charge in [0.05, 0.1) is 24.0 Å². The van der Waals surface area contributed by atoms with Gasteiger partial charge in [-0.2, -0.15) is 0 Å². The molecule has 1 fully saturated rings. The minimum Gasteiger partial charge on any atom is -0.480 e. The van der Waals surface area contributed by atoms with Gasteiger partial charge >= 0.3 is 11.9 Å². The number of hydrogen-bond donors (Lipinski definition) is 9. The van der Waals surface area contributed by atoms with Crippen molar-refractivity contribution < 1.29 is 48.5 Å². The van der Waals surface area contributed by atoms with Crippen LogP contribution < -0.4 is 38.1 Å². The summed E-state index contributed by atoms with van der Waals surface area (Å²) in [5.41, 5.74) is 12.4. The molecule has 5 amide bonds. The maximum absolute atomic E-state index is 14.0. The first-order valence-electron chi connectivity index (χ1n) is 19.0. The van der Waals surface area contributed by atoms with Gasteiger partial charge in [-0.3, -0.25) is 29.0 Å². The van der Waals surface area contributed by atoms with E-state index in [9.17, 15) is 43.8 Å². The van der Waals surface area contributed by atoms with E-state index in [0.717, 1.165) is 11.1 Å². The molecule has 318 valence electrons. The zero-order valence-corrected chi connectivity index (χ0v) is 33.8. The van der Waals surface area contributed by atoms with Crippen molar-refractivity contribution >= 4 is 47.4 Å². The van der Waals surface area contributed by atoms with Crippen LogP contribution in [0.5, 0.6) is 0 Å². The molecule has 58 heavy (non-hydrogen) atoms. The van der Waals surface area contributed by atoms with Gasteiger partial charge in [0.15, 0.2) is 5.96 Å². The number of nitrogens with two attached hydrogens (primary N) is 2. The first-order chi connectivity index (χ1) is 27.4. The maximum atomic E-state index is 14.0. The molecule has 18 heteroatoms. The molecule has 0 spiro atoms. The molecule has 18 nitrogen and oxygen atoms in total. The molecule has 2 rings (SSSR count). The Kier molecular flexibility index (Phi) is 19.8. The number of carbonyl (C=O) groups excluding carboxylic acids is 5. The lowest BCUT2D eigenvalue weighted by Crippen LogP contribution is -2.56. The van der Waals surface area contributed by atoms with Gasteiger partial charge in [-0.15, -0.1) is 0 Å². The van der Waals surface area contributed by atoms with Gasteiger partial charge in [-0.1, -0.05) is 81.0 Å². The molecule has 1 saturated heterocycles. The highest BCUT2D eigenvalue weighted by Crippen LogP contribution is 2.18. The average Bonchev–Trinajstić information content (AvgIpc) is 3.17. The number of carboxylic acid groups (broad SMARTS) is 2. The van der Waals surface area contributed by atoms with E-state index in [1.165, 1.54) is 26.8 Å². The van der Waals surface area contributed by atoms with E-state index in [1.54, 1.807) is 19.3 Å². The fourth-order valence-electron chi connectivity index (χ4n) is 6.09. The molecule has 0 radical (unpaired) electrons. The zero-order valence-electron chi connectivity index (χ0n) is 33.8. The summed E-state index contributed by atoms with van der Waals surface area (Å²) < 4.78 is 5.78. The number of aliphatic carboxylic acids is 2. The summed E-state index contributed by atoms with van der Waals surface area (Å²) in [5.74, 6) is -10.1. The highest BCUT2D eigenvalue weighted by atomic mass is 16.5. The summed E-state index contributed by atoms with van der Waals surface area (Å²) in [7, 11) is 1.63. The molecule has 1 aromatic carbocycles. The van der Waals surface area contributed by atoms with Gasteiger partial charge in [0.1, 0.15) is 23.8 Å². The van der Waals surface area contributed by atoms with Crippen LogP contribution in [0.2, 0.25) is 0 Å². The normalized spacial score (nSPS) is 25.1. The summed E-state index contributed by atoms with van der Waals surface area (Å²) in [6, 6.07) is 4.11. The van der Waals surface area contributed by atoms with E-state index >= 15 is 0 Å². The predicted octanol–water partition coefficient (Wildman–Crippen LogP) is 0.631. The van der Waals surface area contributed by atoms with Crippen molar-refractivity contribution in [2.45, 2.75) is 97.0 Å². The molecule has 0 saturated carbocycles. The van der Waals surface area contributed by atoms with Crippen LogP contribution in [0.15, 0.2) is 70.9 Å². The highest BCUT2D eigenvalue weighted by molar-refractivity contribution is 6.00. The van der Waals surface area contributed by atoms with Gasteiger partial charge in [0, 0.05) is 26.0 Å². The van der Waals surface area contributed by atoms with Gasteiger partial charge < -0.3 is 53.0 Å². The monoisotopic (exact) mass is 810 g/mol. The second-order valence-electron chi connectivity index (χ2n) is 14.2. The Morgan fingerprint density at radius 2 is 1.60 bits per heavy atom. The number of hydrogen-bond acceptors (Lipinski definition) is 9. The van der Waals surface area contributed by atoms with Crippen LogP contribution in [0.3, 0.4) is 0 Å². The van der Waals surface area contributed by atoms with Crippen molar-refractivity contribution in [2.24, 2.45) is 34.2 Å². The number of nitrogens with one attached hydrogen (secondary N) is 5. The van der Waals surface area contributed by atoms with E-state index in [0.29, 0.717) is 6.42 Å². The highest BCUT2D eigenvalue weighted by Gasteiger charge is 2.36. The van der Waals surface area contributed by atoms with Crippen LogP contribution in [-0.4, -0.2) is 102 Å². The molecule has 0 aromatic heterocycles. The number of benzene rings is 1. The zero-order chi connectivity index (χ0) is 43.5. The molecule has 0 aliphatic carbocycles. The number of rotatable bonds is 13. The molecular weight excluding hydrogens is 752 g/mol. The lowest BCUT2D eigenvalue weighted by atomic mass is 9.94. The summed E-state index contributed by atoms with van der Waals surface area (Å²) in [6.07, 6.45) is 6.24. The SMILES string of the molecule is C/C=C1\NC(=O)CC[C@H](C(=O)O)NC(=O)[C@@H](C)C(/C=C/C(C)=C/[C@H](C)[C@H](Cc2ccccc2)OC)NC(=O)C(CCCN=C(N)N)NC(=O)[C@@H](C)C(C(=O)O)NC1=O. The Labute approximate surface area is 338 Å². The first-order valence-corrected chi connectivity index (χ1v) is 19.0. The van der Waals surface area contributed by atoms with Gasteiger partial charge in [-0.25, -0.2) is 9.59 Å². The van der Waals surface area contributed by atoms with E-state index in [4.69, 9.17) is 16.2 Å². The van der Waals surface area contributed by atoms with Gasteiger partial charge in [-0.05, 0) is 45.1 Å². The van der Waals surface area contributed by atoms with E-state index in [1.807, 2.05) is 50.3 Å². The quantitative estimate of drug-likeness (QED) is 0.0436. The van der Waals surface area contributed by atoms with Crippen molar-refractivity contribution in [2.75, 3.05) is 13.7 Å². The third-order valence-electron chi connectivity index (χ3n) is 9.65. The largest absolute Gasteiger partial charge is 0.480 e. The summed E-state index contributed by atoms with van der Waals surface area (Å²) >= 11 is 0. The second kappa shape index (κ2) is 23.9. The average molecular weight is 811 g/mol. The summed E-state index contributed by atoms with van der Waals surface area (Å²) in [4.78, 5) is 95.6. The van der Waals surface area contributed by atoms with Crippen LogP contribution in [0.1, 0.15) is 65.9 Å². The number of carboxylic acids is 2. The molecule has 1 aliphatic heterocycles. The van der Waals surface area contributed by atoms with Crippen LogP contribution >= 0.6 is 0 Å². The Balaban J connectivity index is 2.60. The van der Waals surface area contributed by atoms with Crippen molar-refractivity contribution in [1.29, 1.82) is 0 Å². The summed E-state index contributed by atoms with van der Waals surface area (Å²) in [6.45, 7) is 8.02. The Hall–Kier alpha value is -6.04. The third kappa shape index (κ3) is 15.8. The molecule has 1 aliphatic rings. The lowest BCUT2D eigenvalue weighted by Gasteiger charge is -2.27. The molecule has 0 bridgehead atoms. The minimum atomic E-state index is -1.80. The molecule has 3 unspecified atom stereocenters. The predicted molar refractivity (Wildman–Crippen MR) is 215 cm³/mol. The molecule has 1 aromatic rings. The topological polar surface area (TPSA) is 294 Å². The Bertz CT molecular complexity index is 1740. The number of allylic oxidation sites excluding steroid dienone is 3. The van der Waals surface area contributed by atoms with Crippen LogP contribution in [0.25, 0.3) is 0 Å². The van der Waals surface area contributed by atoms with E-state index in [-0.39, 0.29) is 49.5 Å². The molecule has 8 atom stereocenters. The molecule has 11 N–H and O–H groups in total. The first kappa shape index (κ1) is 48.1. The van der Waals surface area contributed by atoms with E-state index < -0.39 is 83.9 Å². The number of ether oxygens (including phenoxy) is 1. The summed E-state index contributed by atoms with van der Waals surface area (Å²) in [5, 5.41) is 32.3. The molecular formula is C40H58N8O10. The van der Waals surface area contributed by atoms with Crippen LogP contribution in [0.4, 0.5) is 0 Å². The fourth-order valence-corrected chi connectivity index (χ4v) is 6.09. The van der Waals surface area contributed by atoms with Crippen molar-refractivity contribution in [1.82, 2.24) is 26.6 Å². The number of carbonyl (C=O) groups is 7. The van der Waals surface area contributed by atoms with Crippen LogP contribution in [-0.2, 0) is 44.7 Å². The Morgan fingerprint density at radius 3 is 2.19 bits per heavy atom. The standard InChI is InChI=1S/C40H58N8O10/c1-7-27-36(52)48-33(39(56)57)25(5)35(51)46-29(14-11-19-43-40(41)42)37(53)45-28(24(4)34(50)47-30(38(54)55)17-18-32(49)44-27)16-15-22(2)20-23(3)31(58-6)21-26-12-9-8-10-13-26/h7-10,12-13,15-16,20,23-25,28-31,33H,11,14,17-19,21H2,1-6H3,(H,44,49)(H,45,53)(H,46,51)(H,47,50)(H,48,52)(H,54,55)(H,56,57)(H4,41,42,43)/b16-15+,22-20+,27-7-/t23-,24-,25-,28?,29?,30+,31-,33?/m0/s1. The van der Waals surface area contributed by atoms with Crippen molar-refractivity contribution in [3.8, 4) is 0 Å². The minimum absolute atomic E-state index is 0.0334. The van der Waals surface area contributed by atoms with Gasteiger partial charge in [0.25, 0.3) is 5.91 Å². The number of guanidine groups is 1. The fraction of sp³-hybridized carbons (Fsp3) is 0.500. The van der Waals surface area contributed by atoms with Crippen molar-refractivity contribution in [3.05, 3.63) is 71.5 Å². The molecule has 1 heterocycles. The lowest BCUT2D eigenvalue weighted by molar-refractivity contribution is -0.146. The van der Waals surface area contributed by atoms with Crippen molar-refractivity contribution in [3.63, 3.8) is 0 Å². The number of amides is 5. The number of methoxy groups -OCH3 is 1. The number of nitrogens with zero attached hydrogens (tertiary/aromatic N) is 1. The van der Waals surface area contributed by atoms with E-state index in [2.05, 4.69) is 31.6 Å². The Morgan fingerprint density at radius 1 is 0.948 bits per heavy atom. The number of aliphatic imine (C=N–C) groups is 1. The maximum Gasteiger partial charge on any atom is 0.327 e. The second-order valence-corrected chi connectivity index (χ2v) is 14.2. The smallest absolute Gasteiger partial charge is 0.327 e. The third-order valence-corrected chi connectivity index (χ3v) is 9.65.